The molecule has 0 amide bonds. The number of rotatable bonds is 4. The van der Waals surface area contributed by atoms with Crippen LogP contribution in [0.25, 0.3) is 66.7 Å². The highest BCUT2D eigenvalue weighted by Crippen LogP contribution is 2.51. The molecular weight excluding hydrogens is 567 g/mol. The van der Waals surface area contributed by atoms with Crippen LogP contribution in [0.2, 0.25) is 0 Å². The van der Waals surface area contributed by atoms with Crippen LogP contribution in [0.5, 0.6) is 0 Å². The summed E-state index contributed by atoms with van der Waals surface area (Å²) < 4.78 is 0. The van der Waals surface area contributed by atoms with E-state index >= 15 is 0 Å². The van der Waals surface area contributed by atoms with Crippen molar-refractivity contribution in [3.05, 3.63) is 157 Å². The molecule has 1 aliphatic carbocycles. The van der Waals surface area contributed by atoms with E-state index in [9.17, 15) is 0 Å². The first-order valence-corrected chi connectivity index (χ1v) is 16.2. The number of allylic oxidation sites excluding steroid dienone is 3. The molecule has 5 aromatic carbocycles. The Morgan fingerprint density at radius 1 is 0.489 bits per heavy atom. The highest BCUT2D eigenvalue weighted by Gasteiger charge is 2.36. The summed E-state index contributed by atoms with van der Waals surface area (Å²) in [5.74, 6) is 0.929. The summed E-state index contributed by atoms with van der Waals surface area (Å²) >= 11 is 1.87. The number of hydrogen-bond donors (Lipinski definition) is 0. The van der Waals surface area contributed by atoms with Crippen molar-refractivity contribution in [1.82, 2.24) is 15.0 Å². The Morgan fingerprint density at radius 2 is 1.11 bits per heavy atom. The van der Waals surface area contributed by atoms with Gasteiger partial charge in [-0.1, -0.05) is 146 Å². The average Bonchev–Trinajstić information content (AvgIpc) is 3.50. The number of thioether (sulfide) groups is 1. The molecule has 1 aliphatic heterocycles. The minimum absolute atomic E-state index is 0.215. The van der Waals surface area contributed by atoms with Gasteiger partial charge in [0.2, 0.25) is 0 Å². The predicted molar refractivity (Wildman–Crippen MR) is 187 cm³/mol. The van der Waals surface area contributed by atoms with Gasteiger partial charge in [-0.05, 0) is 17.2 Å². The van der Waals surface area contributed by atoms with Crippen LogP contribution in [0.1, 0.15) is 11.6 Å². The molecule has 2 atom stereocenters. The molecule has 0 saturated carbocycles. The minimum Gasteiger partial charge on any atom is -0.246 e. The molecule has 2 aliphatic rings. The fraction of sp³-hybridized carbons (Fsp3) is 0.0488. The van der Waals surface area contributed by atoms with Crippen molar-refractivity contribution in [2.24, 2.45) is 0 Å². The summed E-state index contributed by atoms with van der Waals surface area (Å²) in [5, 5.41) is 3.74. The summed E-state index contributed by atoms with van der Waals surface area (Å²) in [6.45, 7) is 0. The second-order valence-electron chi connectivity index (χ2n) is 11.5. The molecule has 2 aromatic heterocycles. The van der Waals surface area contributed by atoms with Gasteiger partial charge in [0.25, 0.3) is 0 Å². The number of hydrogen-bond acceptors (Lipinski definition) is 4. The molecule has 2 unspecified atom stereocenters. The maximum absolute atomic E-state index is 5.45. The van der Waals surface area contributed by atoms with Crippen molar-refractivity contribution in [2.45, 2.75) is 16.1 Å². The zero-order valence-electron chi connectivity index (χ0n) is 24.3. The monoisotopic (exact) mass is 593 g/mol. The van der Waals surface area contributed by atoms with Gasteiger partial charge in [-0.2, -0.15) is 0 Å². The van der Waals surface area contributed by atoms with E-state index in [0.29, 0.717) is 11.1 Å². The van der Waals surface area contributed by atoms with Gasteiger partial charge in [-0.3, -0.25) is 0 Å². The SMILES string of the molecule is C1=CC2Sc3c(-c4ccccc4)nc(-c4cccc5c4nc(-c4ccccc4)c4cccc(-c6ccccc6)c45)nc3C2C=C1. The van der Waals surface area contributed by atoms with Crippen molar-refractivity contribution in [2.75, 3.05) is 0 Å². The molecule has 0 N–H and O–H groups in total. The first-order chi connectivity index (χ1) is 22.3. The predicted octanol–water partition coefficient (Wildman–Crippen LogP) is 10.5. The third-order valence-corrected chi connectivity index (χ3v) is 10.2. The van der Waals surface area contributed by atoms with E-state index in [4.69, 9.17) is 15.0 Å². The molecule has 0 spiro atoms. The van der Waals surface area contributed by atoms with E-state index in [1.165, 1.54) is 21.4 Å². The van der Waals surface area contributed by atoms with Crippen LogP contribution in [0.4, 0.5) is 0 Å². The third-order valence-electron chi connectivity index (χ3n) is 8.81. The van der Waals surface area contributed by atoms with Gasteiger partial charge in [-0.15, -0.1) is 11.8 Å². The zero-order valence-corrected chi connectivity index (χ0v) is 25.2. The van der Waals surface area contributed by atoms with E-state index < -0.39 is 0 Å². The highest BCUT2D eigenvalue weighted by molar-refractivity contribution is 8.00. The van der Waals surface area contributed by atoms with Crippen LogP contribution in [-0.2, 0) is 0 Å². The van der Waals surface area contributed by atoms with E-state index in [1.54, 1.807) is 0 Å². The topological polar surface area (TPSA) is 38.7 Å². The van der Waals surface area contributed by atoms with Gasteiger partial charge in [0.15, 0.2) is 5.82 Å². The highest BCUT2D eigenvalue weighted by atomic mass is 32.2. The second kappa shape index (κ2) is 10.7. The number of para-hydroxylation sites is 1. The number of nitrogens with zero attached hydrogens (tertiary/aromatic N) is 3. The van der Waals surface area contributed by atoms with Gasteiger partial charge >= 0.3 is 0 Å². The van der Waals surface area contributed by atoms with Crippen LogP contribution >= 0.6 is 11.8 Å². The van der Waals surface area contributed by atoms with Gasteiger partial charge in [0, 0.05) is 44.0 Å². The van der Waals surface area contributed by atoms with E-state index in [1.807, 2.05) is 11.8 Å². The van der Waals surface area contributed by atoms with Crippen LogP contribution in [0, 0.1) is 0 Å². The lowest BCUT2D eigenvalue weighted by Crippen LogP contribution is -2.09. The maximum Gasteiger partial charge on any atom is 0.162 e. The summed E-state index contributed by atoms with van der Waals surface area (Å²) in [5.41, 5.74) is 9.46. The average molecular weight is 594 g/mol. The van der Waals surface area contributed by atoms with Gasteiger partial charge < -0.3 is 0 Å². The Kier molecular flexibility index (Phi) is 6.20. The molecule has 0 radical (unpaired) electrons. The van der Waals surface area contributed by atoms with Gasteiger partial charge in [-0.25, -0.2) is 15.0 Å². The Morgan fingerprint density at radius 3 is 1.84 bits per heavy atom. The number of fused-ring (bicyclic) bond motifs is 6. The number of aromatic nitrogens is 3. The molecule has 0 fully saturated rings. The zero-order chi connectivity index (χ0) is 29.7. The van der Waals surface area contributed by atoms with E-state index in [2.05, 4.69) is 152 Å². The van der Waals surface area contributed by atoms with Gasteiger partial charge in [0.1, 0.15) is 0 Å². The lowest BCUT2D eigenvalue weighted by molar-refractivity contribution is 0.829. The number of pyridine rings is 1. The molecule has 7 aromatic rings. The van der Waals surface area contributed by atoms with Crippen LogP contribution < -0.4 is 0 Å². The fourth-order valence-corrected chi connectivity index (χ4v) is 8.12. The Hall–Kier alpha value is -5.32. The molecular formula is C41H27N3S. The molecule has 212 valence electrons. The standard InChI is InChI=1S/C41H27N3S/c1-4-14-26(15-5-1)29-21-12-22-31-35(29)32-23-13-24-33(38(32)42-36(31)27-16-6-2-7-17-27)41-43-37(28-18-8-3-9-19-28)40-39(44-41)30-20-10-11-25-34(30)45-40/h1-25,30,34H. The van der Waals surface area contributed by atoms with Crippen molar-refractivity contribution in [3.8, 4) is 45.0 Å². The van der Waals surface area contributed by atoms with Crippen LogP contribution in [-0.4, -0.2) is 20.2 Å². The Labute approximate surface area is 266 Å². The summed E-state index contributed by atoms with van der Waals surface area (Å²) in [7, 11) is 0. The Balaban J connectivity index is 1.37. The quantitative estimate of drug-likeness (QED) is 0.190. The van der Waals surface area contributed by atoms with Crippen molar-refractivity contribution in [3.63, 3.8) is 0 Å². The molecule has 45 heavy (non-hydrogen) atoms. The van der Waals surface area contributed by atoms with Crippen molar-refractivity contribution in [1.29, 1.82) is 0 Å². The van der Waals surface area contributed by atoms with Crippen LogP contribution in [0.15, 0.2) is 157 Å². The van der Waals surface area contributed by atoms with E-state index in [-0.39, 0.29) is 5.92 Å². The normalized spacial score (nSPS) is 16.6. The lowest BCUT2D eigenvalue weighted by atomic mass is 9.92. The largest absolute Gasteiger partial charge is 0.246 e. The molecule has 4 heteroatoms. The van der Waals surface area contributed by atoms with E-state index in [0.717, 1.165) is 50.1 Å². The number of benzene rings is 5. The summed E-state index contributed by atoms with van der Waals surface area (Å²) in [6.07, 6.45) is 8.85. The molecule has 3 heterocycles. The molecule has 0 bridgehead atoms. The molecule has 0 saturated heterocycles. The fourth-order valence-electron chi connectivity index (χ4n) is 6.74. The first-order valence-electron chi connectivity index (χ1n) is 15.3. The minimum atomic E-state index is 0.215. The third kappa shape index (κ3) is 4.33. The van der Waals surface area contributed by atoms with Crippen molar-refractivity contribution >= 4 is 33.4 Å². The molecule has 9 rings (SSSR count). The summed E-state index contributed by atoms with van der Waals surface area (Å²) in [4.78, 5) is 17.3. The maximum atomic E-state index is 5.45. The lowest BCUT2D eigenvalue weighted by Gasteiger charge is -2.17. The second-order valence-corrected chi connectivity index (χ2v) is 12.7. The van der Waals surface area contributed by atoms with Gasteiger partial charge in [0.05, 0.1) is 27.5 Å². The first kappa shape index (κ1) is 26.1. The smallest absolute Gasteiger partial charge is 0.162 e. The summed E-state index contributed by atoms with van der Waals surface area (Å²) in [6, 6.07) is 44.7. The van der Waals surface area contributed by atoms with Crippen LogP contribution in [0.3, 0.4) is 0 Å². The Bertz CT molecular complexity index is 2290. The molecule has 3 nitrogen and oxygen atoms in total. The van der Waals surface area contributed by atoms with Crippen molar-refractivity contribution < 1.29 is 0 Å².